The van der Waals surface area contributed by atoms with E-state index in [-0.39, 0.29) is 17.4 Å². The summed E-state index contributed by atoms with van der Waals surface area (Å²) in [6, 6.07) is 6.68. The minimum atomic E-state index is -0.386. The maximum absolute atomic E-state index is 12.6. The number of hydrogen-bond donors (Lipinski definition) is 0. The molecule has 0 heterocycles. The number of rotatable bonds is 6. The van der Waals surface area contributed by atoms with Gasteiger partial charge in [0.25, 0.3) is 0 Å². The lowest BCUT2D eigenvalue weighted by Gasteiger charge is -2.56. The Balaban J connectivity index is 1.39. The summed E-state index contributed by atoms with van der Waals surface area (Å²) in [5, 5.41) is 0. The molecule has 0 spiro atoms. The molecular weight excluding hydrogens is 328 g/mol. The van der Waals surface area contributed by atoms with Gasteiger partial charge in [0.2, 0.25) is 0 Å². The lowest BCUT2D eigenvalue weighted by molar-refractivity contribution is -0.0848. The Labute approximate surface area is 155 Å². The monoisotopic (exact) mass is 356 g/mol. The van der Waals surface area contributed by atoms with Crippen LogP contribution in [0.15, 0.2) is 24.3 Å². The maximum atomic E-state index is 12.6. The van der Waals surface area contributed by atoms with Gasteiger partial charge in [0.15, 0.2) is 0 Å². The smallest absolute Gasteiger partial charge is 0.338 e. The molecule has 0 aliphatic heterocycles. The van der Waals surface area contributed by atoms with E-state index in [0.717, 1.165) is 24.2 Å². The normalized spacial score (nSPS) is 31.7. The topological polar surface area (TPSA) is 52.6 Å². The molecule has 4 saturated carbocycles. The standard InChI is InChI=1S/C22H28O4/c1-2-6-25-20(23)18-4-3-5-19(10-18)21(24)26-14-22-11-15-7-16(12-22)9-17(8-15)13-22/h3-5,10,15-17H,2,6-9,11-14H2,1H3. The van der Waals surface area contributed by atoms with Crippen molar-refractivity contribution < 1.29 is 19.1 Å². The van der Waals surface area contributed by atoms with Crippen molar-refractivity contribution in [3.63, 3.8) is 0 Å². The second-order valence-electron chi connectivity index (χ2n) is 8.71. The highest BCUT2D eigenvalue weighted by Crippen LogP contribution is 2.60. The minimum absolute atomic E-state index is 0.210. The number of carbonyl (C=O) groups is 2. The summed E-state index contributed by atoms with van der Waals surface area (Å²) in [4.78, 5) is 24.5. The van der Waals surface area contributed by atoms with Crippen LogP contribution in [0.5, 0.6) is 0 Å². The summed E-state index contributed by atoms with van der Waals surface area (Å²) < 4.78 is 10.9. The Bertz CT molecular complexity index is 658. The van der Waals surface area contributed by atoms with Gasteiger partial charge < -0.3 is 9.47 Å². The molecule has 4 bridgehead atoms. The fourth-order valence-electron chi connectivity index (χ4n) is 5.82. The zero-order chi connectivity index (χ0) is 18.1. The van der Waals surface area contributed by atoms with Crippen molar-refractivity contribution in [2.24, 2.45) is 23.2 Å². The van der Waals surface area contributed by atoms with E-state index in [4.69, 9.17) is 9.47 Å². The first-order valence-corrected chi connectivity index (χ1v) is 10.0. The van der Waals surface area contributed by atoms with Gasteiger partial charge in [0.05, 0.1) is 24.3 Å². The second-order valence-corrected chi connectivity index (χ2v) is 8.71. The first-order chi connectivity index (χ1) is 12.6. The molecule has 1 aromatic rings. The minimum Gasteiger partial charge on any atom is -0.462 e. The number of hydrogen-bond acceptors (Lipinski definition) is 4. The van der Waals surface area contributed by atoms with Gasteiger partial charge in [0, 0.05) is 5.41 Å². The zero-order valence-corrected chi connectivity index (χ0v) is 15.5. The molecule has 4 nitrogen and oxygen atoms in total. The van der Waals surface area contributed by atoms with E-state index in [2.05, 4.69) is 0 Å². The predicted octanol–water partition coefficient (Wildman–Crippen LogP) is 4.63. The fraction of sp³-hybridized carbons (Fsp3) is 0.636. The molecule has 0 N–H and O–H groups in total. The van der Waals surface area contributed by atoms with Crippen molar-refractivity contribution in [3.05, 3.63) is 35.4 Å². The Hall–Kier alpha value is -1.84. The quantitative estimate of drug-likeness (QED) is 0.698. The molecule has 1 aromatic carbocycles. The van der Waals surface area contributed by atoms with Gasteiger partial charge in [-0.25, -0.2) is 9.59 Å². The van der Waals surface area contributed by atoms with Crippen LogP contribution in [0.1, 0.15) is 72.6 Å². The predicted molar refractivity (Wildman–Crippen MR) is 97.9 cm³/mol. The van der Waals surface area contributed by atoms with E-state index in [1.165, 1.54) is 38.5 Å². The van der Waals surface area contributed by atoms with Crippen LogP contribution in [0, 0.1) is 23.2 Å². The molecule has 140 valence electrons. The summed E-state index contributed by atoms with van der Waals surface area (Å²) >= 11 is 0. The first-order valence-electron chi connectivity index (χ1n) is 10.0. The molecular formula is C22H28O4. The van der Waals surface area contributed by atoms with Crippen molar-refractivity contribution in [3.8, 4) is 0 Å². The van der Waals surface area contributed by atoms with Gasteiger partial charge in [-0.15, -0.1) is 0 Å². The van der Waals surface area contributed by atoms with Crippen LogP contribution in [-0.2, 0) is 9.47 Å². The lowest BCUT2D eigenvalue weighted by atomic mass is 9.50. The van der Waals surface area contributed by atoms with Gasteiger partial charge in [-0.2, -0.15) is 0 Å². The summed E-state index contributed by atoms with van der Waals surface area (Å²) in [6.45, 7) is 2.87. The van der Waals surface area contributed by atoms with Gasteiger partial charge in [-0.3, -0.25) is 0 Å². The third-order valence-corrected chi connectivity index (χ3v) is 6.45. The van der Waals surface area contributed by atoms with E-state index < -0.39 is 0 Å². The van der Waals surface area contributed by atoms with Crippen molar-refractivity contribution >= 4 is 11.9 Å². The first kappa shape index (κ1) is 17.6. The van der Waals surface area contributed by atoms with Crippen LogP contribution >= 0.6 is 0 Å². The zero-order valence-electron chi connectivity index (χ0n) is 15.5. The van der Waals surface area contributed by atoms with Crippen LogP contribution < -0.4 is 0 Å². The van der Waals surface area contributed by atoms with Crippen molar-refractivity contribution in [1.29, 1.82) is 0 Å². The molecule has 0 radical (unpaired) electrons. The average Bonchev–Trinajstić information content (AvgIpc) is 2.63. The Morgan fingerprint density at radius 3 is 2.04 bits per heavy atom. The Kier molecular flexibility index (Phi) is 4.76. The van der Waals surface area contributed by atoms with Gasteiger partial charge in [-0.05, 0) is 80.9 Å². The lowest BCUT2D eigenvalue weighted by Crippen LogP contribution is -2.48. The molecule has 0 saturated heterocycles. The third kappa shape index (κ3) is 3.51. The number of esters is 2. The highest BCUT2D eigenvalue weighted by Gasteiger charge is 2.51. The van der Waals surface area contributed by atoms with Crippen LogP contribution in [0.4, 0.5) is 0 Å². The van der Waals surface area contributed by atoms with Crippen molar-refractivity contribution in [2.45, 2.75) is 51.9 Å². The van der Waals surface area contributed by atoms with Gasteiger partial charge >= 0.3 is 11.9 Å². The summed E-state index contributed by atoms with van der Waals surface area (Å²) in [5.41, 5.74) is 1.05. The largest absolute Gasteiger partial charge is 0.462 e. The Morgan fingerprint density at radius 1 is 0.962 bits per heavy atom. The number of benzene rings is 1. The average molecular weight is 356 g/mol. The van der Waals surface area contributed by atoms with E-state index in [0.29, 0.717) is 24.3 Å². The molecule has 0 atom stereocenters. The van der Waals surface area contributed by atoms with Gasteiger partial charge in [0.1, 0.15) is 0 Å². The third-order valence-electron chi connectivity index (χ3n) is 6.45. The summed E-state index contributed by atoms with van der Waals surface area (Å²) in [6.07, 6.45) is 8.58. The molecule has 4 aliphatic carbocycles. The maximum Gasteiger partial charge on any atom is 0.338 e. The Morgan fingerprint density at radius 2 is 1.50 bits per heavy atom. The highest BCUT2D eigenvalue weighted by atomic mass is 16.5. The van der Waals surface area contributed by atoms with E-state index in [1.54, 1.807) is 24.3 Å². The van der Waals surface area contributed by atoms with E-state index in [9.17, 15) is 9.59 Å². The molecule has 4 fully saturated rings. The highest BCUT2D eigenvalue weighted by molar-refractivity contribution is 5.95. The van der Waals surface area contributed by atoms with E-state index >= 15 is 0 Å². The molecule has 0 unspecified atom stereocenters. The van der Waals surface area contributed by atoms with E-state index in [1.807, 2.05) is 6.92 Å². The second kappa shape index (κ2) is 7.05. The van der Waals surface area contributed by atoms with Crippen molar-refractivity contribution in [2.75, 3.05) is 13.2 Å². The molecule has 0 aromatic heterocycles. The SMILES string of the molecule is CCCOC(=O)c1cccc(C(=O)OCC23CC4CC(CC(C4)C2)C3)c1. The van der Waals surface area contributed by atoms with Crippen molar-refractivity contribution in [1.82, 2.24) is 0 Å². The molecule has 0 amide bonds. The summed E-state index contributed by atoms with van der Waals surface area (Å²) in [5.74, 6) is 1.82. The molecule has 4 aliphatic rings. The van der Waals surface area contributed by atoms with Crippen LogP contribution in [0.2, 0.25) is 0 Å². The molecule has 4 heteroatoms. The van der Waals surface area contributed by atoms with Crippen LogP contribution in [0.3, 0.4) is 0 Å². The summed E-state index contributed by atoms with van der Waals surface area (Å²) in [7, 11) is 0. The van der Waals surface area contributed by atoms with Crippen LogP contribution in [0.25, 0.3) is 0 Å². The van der Waals surface area contributed by atoms with Crippen LogP contribution in [-0.4, -0.2) is 25.2 Å². The van der Waals surface area contributed by atoms with Gasteiger partial charge in [-0.1, -0.05) is 13.0 Å². The molecule has 26 heavy (non-hydrogen) atoms. The fourth-order valence-corrected chi connectivity index (χ4v) is 5.82. The number of ether oxygens (including phenoxy) is 2. The number of carbonyl (C=O) groups excluding carboxylic acids is 2. The molecule has 5 rings (SSSR count).